The van der Waals surface area contributed by atoms with Crippen molar-refractivity contribution in [1.82, 2.24) is 15.1 Å². The Hall–Kier alpha value is -3.19. The lowest BCUT2D eigenvalue weighted by Crippen LogP contribution is -2.57. The molecule has 2 bridgehead atoms. The zero-order valence-corrected chi connectivity index (χ0v) is 25.5. The minimum absolute atomic E-state index is 0.205. The summed E-state index contributed by atoms with van der Waals surface area (Å²) in [7, 11) is 0. The standard InChI is InChI=1S/C34H45N5O2/c1-20-7-8-24(21(2)15-20)11-13-39-31(40)27-10-9-26(18-28(27)32(39)41)36-33(38-14-12-35-22(3)19-38)37-30-17-25-16-29(23(30)4)34(25,5)6/h7-10,15,18,22-23,25,29-30,35H,11-14,16-17,19H2,1-6H3,(H,36,37)/t22-,23-,25+,29-,30-/m0/s1. The van der Waals surface area contributed by atoms with Gasteiger partial charge in [-0.05, 0) is 92.5 Å². The molecule has 7 heteroatoms. The van der Waals surface area contributed by atoms with E-state index in [-0.39, 0.29) is 17.9 Å². The van der Waals surface area contributed by atoms with E-state index in [4.69, 9.17) is 4.99 Å². The molecule has 5 aliphatic rings. The number of carbonyl (C=O) groups is 2. The first-order chi connectivity index (χ1) is 19.5. The van der Waals surface area contributed by atoms with Crippen LogP contribution in [0.4, 0.5) is 5.69 Å². The molecule has 5 atom stereocenters. The molecule has 2 aliphatic heterocycles. The molecule has 7 nitrogen and oxygen atoms in total. The Morgan fingerprint density at radius 3 is 2.54 bits per heavy atom. The number of nitrogens with zero attached hydrogens (tertiary/aromatic N) is 3. The highest BCUT2D eigenvalue weighted by Gasteiger charge is 2.56. The molecule has 0 spiro atoms. The first-order valence-electron chi connectivity index (χ1n) is 15.4. The lowest BCUT2D eigenvalue weighted by Gasteiger charge is -2.61. The van der Waals surface area contributed by atoms with E-state index in [1.54, 1.807) is 6.07 Å². The van der Waals surface area contributed by atoms with Gasteiger partial charge in [-0.1, -0.05) is 44.5 Å². The van der Waals surface area contributed by atoms with E-state index >= 15 is 0 Å². The van der Waals surface area contributed by atoms with Crippen LogP contribution in [-0.2, 0) is 6.42 Å². The van der Waals surface area contributed by atoms with Crippen molar-refractivity contribution in [1.29, 1.82) is 0 Å². The lowest BCUT2D eigenvalue weighted by molar-refractivity contribution is -0.108. The SMILES string of the molecule is Cc1ccc(CCN2C(=O)c3ccc(N/C(=N/[C@H]4C[C@H]5C[C@@H]([C@@H]4C)C5(C)C)N4CCN[C@@H](C)C4)cc3C2=O)c(C)c1. The van der Waals surface area contributed by atoms with E-state index in [2.05, 4.69) is 75.3 Å². The van der Waals surface area contributed by atoms with Gasteiger partial charge in [-0.3, -0.25) is 14.5 Å². The summed E-state index contributed by atoms with van der Waals surface area (Å²) in [5, 5.41) is 7.14. The van der Waals surface area contributed by atoms with Crippen LogP contribution in [0.15, 0.2) is 41.4 Å². The third kappa shape index (κ3) is 5.07. The zero-order chi connectivity index (χ0) is 29.1. The molecule has 2 aromatic carbocycles. The number of imide groups is 1. The number of nitrogens with one attached hydrogen (secondary N) is 2. The molecule has 2 N–H and O–H groups in total. The number of aryl methyl sites for hydroxylation is 2. The number of aliphatic imine (C=N–C) groups is 1. The first kappa shape index (κ1) is 28.0. The predicted molar refractivity (Wildman–Crippen MR) is 164 cm³/mol. The number of benzene rings is 2. The second-order valence-electron chi connectivity index (χ2n) is 13.6. The third-order valence-electron chi connectivity index (χ3n) is 10.6. The van der Waals surface area contributed by atoms with Crippen molar-refractivity contribution in [2.45, 2.75) is 72.9 Å². The number of rotatable bonds is 5. The largest absolute Gasteiger partial charge is 0.340 e. The Morgan fingerprint density at radius 2 is 1.83 bits per heavy atom. The molecule has 3 saturated carbocycles. The van der Waals surface area contributed by atoms with Crippen LogP contribution < -0.4 is 10.6 Å². The summed E-state index contributed by atoms with van der Waals surface area (Å²) in [4.78, 5) is 35.8. The summed E-state index contributed by atoms with van der Waals surface area (Å²) in [6.07, 6.45) is 3.11. The van der Waals surface area contributed by atoms with Crippen molar-refractivity contribution < 1.29 is 9.59 Å². The van der Waals surface area contributed by atoms with Gasteiger partial charge in [-0.25, -0.2) is 4.99 Å². The Kier molecular flexibility index (Phi) is 7.21. The number of anilines is 1. The van der Waals surface area contributed by atoms with Gasteiger partial charge in [0.2, 0.25) is 0 Å². The maximum absolute atomic E-state index is 13.4. The van der Waals surface area contributed by atoms with Crippen LogP contribution in [0, 0.1) is 37.0 Å². The topological polar surface area (TPSA) is 77.0 Å². The highest BCUT2D eigenvalue weighted by atomic mass is 16.2. The molecule has 3 aliphatic carbocycles. The molecule has 41 heavy (non-hydrogen) atoms. The maximum atomic E-state index is 13.4. The predicted octanol–water partition coefficient (Wildman–Crippen LogP) is 5.27. The molecule has 218 valence electrons. The van der Waals surface area contributed by atoms with Gasteiger partial charge >= 0.3 is 0 Å². The second-order valence-corrected chi connectivity index (χ2v) is 13.6. The molecular formula is C34H45N5O2. The number of piperazine rings is 1. The molecule has 2 amide bonds. The third-order valence-corrected chi connectivity index (χ3v) is 10.6. The van der Waals surface area contributed by atoms with Crippen LogP contribution >= 0.6 is 0 Å². The average Bonchev–Trinajstić information content (AvgIpc) is 3.17. The highest BCUT2D eigenvalue weighted by molar-refractivity contribution is 6.22. The van der Waals surface area contributed by atoms with Crippen molar-refractivity contribution in [2.24, 2.45) is 28.2 Å². The minimum Gasteiger partial charge on any atom is -0.340 e. The smallest absolute Gasteiger partial charge is 0.261 e. The Labute approximate surface area is 244 Å². The maximum Gasteiger partial charge on any atom is 0.261 e. The van der Waals surface area contributed by atoms with E-state index in [1.807, 2.05) is 12.1 Å². The van der Waals surface area contributed by atoms with Gasteiger partial charge < -0.3 is 15.5 Å². The minimum atomic E-state index is -0.212. The first-order valence-corrected chi connectivity index (χ1v) is 15.4. The zero-order valence-electron chi connectivity index (χ0n) is 25.5. The van der Waals surface area contributed by atoms with Gasteiger partial charge in [0.1, 0.15) is 0 Å². The quantitative estimate of drug-likeness (QED) is 0.299. The van der Waals surface area contributed by atoms with Crippen molar-refractivity contribution in [2.75, 3.05) is 31.5 Å². The van der Waals surface area contributed by atoms with Crippen LogP contribution in [0.2, 0.25) is 0 Å². The molecule has 0 unspecified atom stereocenters. The number of hydrogen-bond donors (Lipinski definition) is 2. The van der Waals surface area contributed by atoms with Crippen LogP contribution in [0.5, 0.6) is 0 Å². The Balaban J connectivity index is 1.22. The number of amides is 2. The number of fused-ring (bicyclic) bond motifs is 3. The van der Waals surface area contributed by atoms with Crippen molar-refractivity contribution in [3.05, 3.63) is 64.2 Å². The summed E-state index contributed by atoms with van der Waals surface area (Å²) in [6, 6.07) is 12.6. The lowest BCUT2D eigenvalue weighted by atomic mass is 9.45. The summed E-state index contributed by atoms with van der Waals surface area (Å²) < 4.78 is 0. The van der Waals surface area contributed by atoms with E-state index in [0.29, 0.717) is 41.5 Å². The fourth-order valence-corrected chi connectivity index (χ4v) is 7.83. The summed E-state index contributed by atoms with van der Waals surface area (Å²) in [6.45, 7) is 16.6. The molecule has 1 saturated heterocycles. The summed E-state index contributed by atoms with van der Waals surface area (Å²) >= 11 is 0. The number of carbonyl (C=O) groups excluding carboxylic acids is 2. The molecule has 0 radical (unpaired) electrons. The normalized spacial score (nSPS) is 28.9. The van der Waals surface area contributed by atoms with Gasteiger partial charge in [-0.15, -0.1) is 0 Å². The molecule has 4 fully saturated rings. The van der Waals surface area contributed by atoms with Gasteiger partial charge in [0, 0.05) is 37.9 Å². The van der Waals surface area contributed by atoms with E-state index in [0.717, 1.165) is 49.5 Å². The Bertz CT molecular complexity index is 1400. The van der Waals surface area contributed by atoms with Crippen molar-refractivity contribution in [3.63, 3.8) is 0 Å². The van der Waals surface area contributed by atoms with Crippen molar-refractivity contribution >= 4 is 23.5 Å². The highest BCUT2D eigenvalue weighted by Crippen LogP contribution is 2.61. The summed E-state index contributed by atoms with van der Waals surface area (Å²) in [5.41, 5.74) is 5.75. The Morgan fingerprint density at radius 1 is 1.05 bits per heavy atom. The van der Waals surface area contributed by atoms with Crippen LogP contribution in [0.3, 0.4) is 0 Å². The molecule has 2 heterocycles. The van der Waals surface area contributed by atoms with Crippen molar-refractivity contribution in [3.8, 4) is 0 Å². The van der Waals surface area contributed by atoms with E-state index in [1.165, 1.54) is 28.0 Å². The van der Waals surface area contributed by atoms with Crippen LogP contribution in [0.25, 0.3) is 0 Å². The monoisotopic (exact) mass is 555 g/mol. The fraction of sp³-hybridized carbons (Fsp3) is 0.559. The van der Waals surface area contributed by atoms with E-state index in [9.17, 15) is 9.59 Å². The van der Waals surface area contributed by atoms with E-state index < -0.39 is 0 Å². The fourth-order valence-electron chi connectivity index (χ4n) is 7.83. The molecule has 7 rings (SSSR count). The van der Waals surface area contributed by atoms with Gasteiger partial charge in [-0.2, -0.15) is 0 Å². The summed E-state index contributed by atoms with van der Waals surface area (Å²) in [5.74, 6) is 2.46. The van der Waals surface area contributed by atoms with Crippen LogP contribution in [-0.4, -0.2) is 65.8 Å². The second kappa shape index (κ2) is 10.6. The molecule has 2 aromatic rings. The average molecular weight is 556 g/mol. The molecular weight excluding hydrogens is 510 g/mol. The van der Waals surface area contributed by atoms with Gasteiger partial charge in [0.05, 0.1) is 17.2 Å². The number of guanidine groups is 1. The molecule has 0 aromatic heterocycles. The van der Waals surface area contributed by atoms with Gasteiger partial charge in [0.25, 0.3) is 11.8 Å². The number of hydrogen-bond acceptors (Lipinski definition) is 4. The van der Waals surface area contributed by atoms with Gasteiger partial charge in [0.15, 0.2) is 5.96 Å². The van der Waals surface area contributed by atoms with Crippen LogP contribution in [0.1, 0.15) is 77.9 Å².